The first-order chi connectivity index (χ1) is 7.24. The van der Waals surface area contributed by atoms with Gasteiger partial charge in [0.05, 0.1) is 6.20 Å². The monoisotopic (exact) mass is 206 g/mol. The molecule has 1 aliphatic carbocycles. The molecule has 0 aliphatic heterocycles. The van der Waals surface area contributed by atoms with E-state index in [1.54, 1.807) is 6.07 Å². The van der Waals surface area contributed by atoms with E-state index >= 15 is 0 Å². The maximum atomic E-state index is 12.6. The highest BCUT2D eigenvalue weighted by Gasteiger charge is 2.15. The summed E-state index contributed by atoms with van der Waals surface area (Å²) >= 11 is 0. The van der Waals surface area contributed by atoms with Gasteiger partial charge in [0.25, 0.3) is 0 Å². The largest absolute Gasteiger partial charge is 0.367 e. The van der Waals surface area contributed by atoms with Gasteiger partial charge in [-0.05, 0) is 37.8 Å². The van der Waals surface area contributed by atoms with Crippen LogP contribution in [0.25, 0.3) is 0 Å². The van der Waals surface area contributed by atoms with Gasteiger partial charge in [-0.1, -0.05) is 12.2 Å². The number of anilines is 1. The Labute approximate surface area is 89.2 Å². The lowest BCUT2D eigenvalue weighted by Gasteiger charge is -2.24. The van der Waals surface area contributed by atoms with E-state index in [0.29, 0.717) is 6.04 Å². The van der Waals surface area contributed by atoms with Crippen molar-refractivity contribution in [3.05, 3.63) is 36.3 Å². The van der Waals surface area contributed by atoms with E-state index in [4.69, 9.17) is 0 Å². The van der Waals surface area contributed by atoms with Gasteiger partial charge in [-0.25, -0.2) is 9.37 Å². The third kappa shape index (κ3) is 2.78. The number of rotatable bonds is 2. The molecule has 1 aliphatic rings. The highest BCUT2D eigenvalue weighted by Crippen LogP contribution is 2.23. The molecule has 0 bridgehead atoms. The number of hydrogen-bond acceptors (Lipinski definition) is 2. The summed E-state index contributed by atoms with van der Waals surface area (Å²) in [6.07, 6.45) is 5.59. The summed E-state index contributed by atoms with van der Waals surface area (Å²) in [6.45, 7) is 3.97. The average molecular weight is 206 g/mol. The van der Waals surface area contributed by atoms with Crippen LogP contribution in [0.15, 0.2) is 30.5 Å². The fourth-order valence-electron chi connectivity index (χ4n) is 1.84. The Morgan fingerprint density at radius 3 is 2.67 bits per heavy atom. The minimum absolute atomic E-state index is 0.294. The molecule has 0 aromatic carbocycles. The van der Waals surface area contributed by atoms with Crippen molar-refractivity contribution in [1.29, 1.82) is 0 Å². The van der Waals surface area contributed by atoms with Gasteiger partial charge < -0.3 is 5.32 Å². The summed E-state index contributed by atoms with van der Waals surface area (Å²) in [6, 6.07) is 3.56. The first-order valence-electron chi connectivity index (χ1n) is 5.29. The van der Waals surface area contributed by atoms with Crippen molar-refractivity contribution in [2.75, 3.05) is 5.32 Å². The van der Waals surface area contributed by atoms with E-state index < -0.39 is 0 Å². The molecule has 1 N–H and O–H groups in total. The van der Waals surface area contributed by atoms with Crippen molar-refractivity contribution in [2.45, 2.75) is 31.7 Å². The van der Waals surface area contributed by atoms with E-state index in [2.05, 4.69) is 16.9 Å². The fourth-order valence-corrected chi connectivity index (χ4v) is 1.84. The van der Waals surface area contributed by atoms with Gasteiger partial charge in [0.2, 0.25) is 0 Å². The topological polar surface area (TPSA) is 24.9 Å². The predicted octanol–water partition coefficient (Wildman–Crippen LogP) is 3.13. The number of aromatic nitrogens is 1. The Balaban J connectivity index is 1.91. The van der Waals surface area contributed by atoms with Crippen molar-refractivity contribution in [1.82, 2.24) is 4.98 Å². The van der Waals surface area contributed by atoms with E-state index in [0.717, 1.165) is 31.5 Å². The predicted molar refractivity (Wildman–Crippen MR) is 59.2 cm³/mol. The minimum Gasteiger partial charge on any atom is -0.367 e. The van der Waals surface area contributed by atoms with Crippen LogP contribution in [0.5, 0.6) is 0 Å². The Morgan fingerprint density at radius 1 is 1.33 bits per heavy atom. The third-order valence-electron chi connectivity index (χ3n) is 2.77. The molecule has 3 heteroatoms. The summed E-state index contributed by atoms with van der Waals surface area (Å²) in [5, 5.41) is 3.31. The lowest BCUT2D eigenvalue weighted by Crippen LogP contribution is -2.23. The van der Waals surface area contributed by atoms with Gasteiger partial charge in [0.15, 0.2) is 0 Å². The van der Waals surface area contributed by atoms with Gasteiger partial charge in [0, 0.05) is 6.04 Å². The maximum absolute atomic E-state index is 12.6. The second-order valence-electron chi connectivity index (χ2n) is 4.03. The Hall–Kier alpha value is -1.38. The van der Waals surface area contributed by atoms with Gasteiger partial charge in [-0.15, -0.1) is 0 Å². The summed E-state index contributed by atoms with van der Waals surface area (Å²) < 4.78 is 12.6. The molecule has 0 radical (unpaired) electrons. The second-order valence-corrected chi connectivity index (χ2v) is 4.03. The molecule has 0 amide bonds. The molecule has 1 saturated carbocycles. The number of pyridine rings is 1. The zero-order valence-electron chi connectivity index (χ0n) is 8.67. The van der Waals surface area contributed by atoms with Crippen molar-refractivity contribution in [3.8, 4) is 0 Å². The van der Waals surface area contributed by atoms with Crippen LogP contribution in [0.1, 0.15) is 25.7 Å². The first-order valence-corrected chi connectivity index (χ1v) is 5.29. The number of hydrogen-bond donors (Lipinski definition) is 1. The fraction of sp³-hybridized carbons (Fsp3) is 0.417. The molecule has 2 rings (SSSR count). The summed E-state index contributed by atoms with van der Waals surface area (Å²) in [4.78, 5) is 3.98. The molecule has 1 aromatic rings. The van der Waals surface area contributed by atoms with Gasteiger partial charge in [-0.3, -0.25) is 0 Å². The van der Waals surface area contributed by atoms with Crippen LogP contribution in [0.2, 0.25) is 0 Å². The van der Waals surface area contributed by atoms with E-state index in [-0.39, 0.29) is 5.82 Å². The number of halogens is 1. The zero-order valence-corrected chi connectivity index (χ0v) is 8.67. The molecule has 0 saturated heterocycles. The van der Waals surface area contributed by atoms with Gasteiger partial charge in [-0.2, -0.15) is 0 Å². The van der Waals surface area contributed by atoms with Gasteiger partial charge >= 0.3 is 0 Å². The molecule has 2 nitrogen and oxygen atoms in total. The second kappa shape index (κ2) is 4.43. The molecule has 0 spiro atoms. The highest BCUT2D eigenvalue weighted by molar-refractivity contribution is 5.35. The molecule has 1 aromatic heterocycles. The third-order valence-corrected chi connectivity index (χ3v) is 2.77. The molecular formula is C12H15FN2. The summed E-state index contributed by atoms with van der Waals surface area (Å²) in [7, 11) is 0. The van der Waals surface area contributed by atoms with Crippen LogP contribution in [-0.4, -0.2) is 11.0 Å². The highest BCUT2D eigenvalue weighted by atomic mass is 19.1. The molecular weight excluding hydrogens is 191 g/mol. The van der Waals surface area contributed by atoms with E-state index in [1.165, 1.54) is 17.8 Å². The zero-order chi connectivity index (χ0) is 10.7. The molecule has 80 valence electrons. The maximum Gasteiger partial charge on any atom is 0.141 e. The summed E-state index contributed by atoms with van der Waals surface area (Å²) in [5.41, 5.74) is 1.33. The van der Waals surface area contributed by atoms with Crippen LogP contribution in [0.4, 0.5) is 10.2 Å². The van der Waals surface area contributed by atoms with E-state index in [9.17, 15) is 4.39 Å². The number of allylic oxidation sites excluding steroid dienone is 1. The van der Waals surface area contributed by atoms with Crippen molar-refractivity contribution in [3.63, 3.8) is 0 Å². The Kier molecular flexibility index (Phi) is 2.99. The standard InChI is InChI=1S/C12H15FN2/c1-9-2-5-11(6-3-9)15-12-7-4-10(13)8-14-12/h4,7-8,11H,1-3,5-6H2,(H,14,15). The quantitative estimate of drug-likeness (QED) is 0.752. The van der Waals surface area contributed by atoms with Crippen molar-refractivity contribution < 1.29 is 4.39 Å². The van der Waals surface area contributed by atoms with Crippen molar-refractivity contribution >= 4 is 5.82 Å². The average Bonchev–Trinajstić information content (AvgIpc) is 2.25. The van der Waals surface area contributed by atoms with Crippen LogP contribution >= 0.6 is 0 Å². The van der Waals surface area contributed by atoms with Crippen LogP contribution < -0.4 is 5.32 Å². The Bertz CT molecular complexity index is 335. The van der Waals surface area contributed by atoms with Gasteiger partial charge in [0.1, 0.15) is 11.6 Å². The minimum atomic E-state index is -0.294. The molecule has 15 heavy (non-hydrogen) atoms. The van der Waals surface area contributed by atoms with E-state index in [1.807, 2.05) is 0 Å². The Morgan fingerprint density at radius 2 is 2.07 bits per heavy atom. The number of nitrogens with zero attached hydrogens (tertiary/aromatic N) is 1. The lowest BCUT2D eigenvalue weighted by atomic mass is 9.92. The molecule has 0 atom stereocenters. The molecule has 1 heterocycles. The van der Waals surface area contributed by atoms with Crippen LogP contribution in [0.3, 0.4) is 0 Å². The van der Waals surface area contributed by atoms with Crippen LogP contribution in [0, 0.1) is 5.82 Å². The molecule has 0 unspecified atom stereocenters. The number of nitrogens with one attached hydrogen (secondary N) is 1. The summed E-state index contributed by atoms with van der Waals surface area (Å²) in [5.74, 6) is 0.464. The lowest BCUT2D eigenvalue weighted by molar-refractivity contribution is 0.539. The SMILES string of the molecule is C=C1CCC(Nc2ccc(F)cn2)CC1. The van der Waals surface area contributed by atoms with Crippen molar-refractivity contribution in [2.24, 2.45) is 0 Å². The first kappa shape index (κ1) is 10.1. The molecule has 1 fully saturated rings. The smallest absolute Gasteiger partial charge is 0.141 e. The normalized spacial score (nSPS) is 17.8. The van der Waals surface area contributed by atoms with Crippen LogP contribution in [-0.2, 0) is 0 Å².